The van der Waals surface area contributed by atoms with Crippen molar-refractivity contribution < 1.29 is 14.6 Å². The minimum absolute atomic E-state index is 0.0804. The largest absolute Gasteiger partial charge is 0.463 e. The Hall–Kier alpha value is -1.87. The first kappa shape index (κ1) is 18.2. The Morgan fingerprint density at radius 2 is 2.05 bits per heavy atom. The maximum Gasteiger partial charge on any atom is 0.330 e. The van der Waals surface area contributed by atoms with Crippen LogP contribution in [0.4, 0.5) is 0 Å². The maximum absolute atomic E-state index is 11.4. The minimum Gasteiger partial charge on any atom is -0.463 e. The molecule has 1 N–H and O–H groups in total. The van der Waals surface area contributed by atoms with Crippen molar-refractivity contribution in [3.05, 3.63) is 60.2 Å². The molecule has 0 aromatic heterocycles. The van der Waals surface area contributed by atoms with Crippen LogP contribution in [0, 0.1) is 5.92 Å². The predicted octanol–water partition coefficient (Wildman–Crippen LogP) is 4.20. The van der Waals surface area contributed by atoms with Gasteiger partial charge in [-0.2, -0.15) is 0 Å². The van der Waals surface area contributed by atoms with Gasteiger partial charge in [-0.1, -0.05) is 68.8 Å². The van der Waals surface area contributed by atoms with E-state index in [1.165, 1.54) is 6.08 Å². The van der Waals surface area contributed by atoms with E-state index in [9.17, 15) is 9.90 Å². The smallest absolute Gasteiger partial charge is 0.330 e. The van der Waals surface area contributed by atoms with Crippen LogP contribution >= 0.6 is 0 Å². The highest BCUT2D eigenvalue weighted by atomic mass is 16.5. The number of allylic oxidation sites excluding steroid dienone is 1. The second-order valence-electron chi connectivity index (χ2n) is 5.43. The lowest BCUT2D eigenvalue weighted by atomic mass is 9.90. The molecule has 22 heavy (non-hydrogen) atoms. The second-order valence-corrected chi connectivity index (χ2v) is 5.43. The summed E-state index contributed by atoms with van der Waals surface area (Å²) in [5.41, 5.74) is 1.76. The van der Waals surface area contributed by atoms with Crippen molar-refractivity contribution in [2.24, 2.45) is 5.92 Å². The number of hydrogen-bond acceptors (Lipinski definition) is 3. The van der Waals surface area contributed by atoms with Gasteiger partial charge >= 0.3 is 5.97 Å². The fourth-order valence-corrected chi connectivity index (χ4v) is 2.02. The van der Waals surface area contributed by atoms with E-state index >= 15 is 0 Å². The van der Waals surface area contributed by atoms with Crippen molar-refractivity contribution in [1.82, 2.24) is 0 Å². The third-order valence-electron chi connectivity index (χ3n) is 3.63. The van der Waals surface area contributed by atoms with Gasteiger partial charge in [0.1, 0.15) is 0 Å². The molecular formula is C19H26O3. The molecule has 0 saturated carbocycles. The van der Waals surface area contributed by atoms with Gasteiger partial charge in [0.15, 0.2) is 0 Å². The van der Waals surface area contributed by atoms with Gasteiger partial charge in [-0.25, -0.2) is 4.79 Å². The number of aliphatic hydroxyl groups is 1. The molecule has 0 bridgehead atoms. The molecule has 2 atom stereocenters. The van der Waals surface area contributed by atoms with Gasteiger partial charge in [0.2, 0.25) is 0 Å². The number of aliphatic hydroxyl groups excluding tert-OH is 1. The van der Waals surface area contributed by atoms with Crippen LogP contribution in [0.5, 0.6) is 0 Å². The first-order valence-corrected chi connectivity index (χ1v) is 7.80. The van der Waals surface area contributed by atoms with Gasteiger partial charge in [0.05, 0.1) is 12.7 Å². The van der Waals surface area contributed by atoms with Gasteiger partial charge in [0.25, 0.3) is 0 Å². The number of ether oxygens (including phenoxy) is 1. The van der Waals surface area contributed by atoms with Crippen LogP contribution in [0.15, 0.2) is 54.6 Å². The van der Waals surface area contributed by atoms with Crippen molar-refractivity contribution in [2.45, 2.75) is 39.2 Å². The highest BCUT2D eigenvalue weighted by Crippen LogP contribution is 2.28. The minimum atomic E-state index is -0.585. The molecule has 3 nitrogen and oxygen atoms in total. The van der Waals surface area contributed by atoms with Gasteiger partial charge in [-0.15, -0.1) is 0 Å². The molecule has 0 aliphatic rings. The molecule has 0 unspecified atom stereocenters. The zero-order valence-electron chi connectivity index (χ0n) is 13.5. The van der Waals surface area contributed by atoms with Gasteiger partial charge < -0.3 is 9.84 Å². The summed E-state index contributed by atoms with van der Waals surface area (Å²) in [5, 5.41) is 10.3. The van der Waals surface area contributed by atoms with Crippen molar-refractivity contribution in [3.63, 3.8) is 0 Å². The van der Waals surface area contributed by atoms with E-state index in [-0.39, 0.29) is 11.9 Å². The van der Waals surface area contributed by atoms with Crippen molar-refractivity contribution in [2.75, 3.05) is 6.61 Å². The van der Waals surface area contributed by atoms with Crippen LogP contribution in [-0.4, -0.2) is 17.7 Å². The number of carbonyl (C=O) groups excluding carboxylic acids is 1. The van der Waals surface area contributed by atoms with E-state index in [1.54, 1.807) is 6.08 Å². The van der Waals surface area contributed by atoms with Crippen molar-refractivity contribution in [3.8, 4) is 0 Å². The maximum atomic E-state index is 11.4. The van der Waals surface area contributed by atoms with E-state index < -0.39 is 6.10 Å². The molecule has 0 fully saturated rings. The number of carbonyl (C=O) groups is 1. The summed E-state index contributed by atoms with van der Waals surface area (Å²) in [5.74, 6) is -0.402. The van der Waals surface area contributed by atoms with Crippen molar-refractivity contribution >= 4 is 5.97 Å². The van der Waals surface area contributed by atoms with E-state index in [0.29, 0.717) is 13.0 Å². The lowest BCUT2D eigenvalue weighted by Gasteiger charge is -2.20. The number of rotatable bonds is 9. The van der Waals surface area contributed by atoms with Crippen LogP contribution in [-0.2, 0) is 9.53 Å². The van der Waals surface area contributed by atoms with E-state index in [1.807, 2.05) is 44.2 Å². The third-order valence-corrected chi connectivity index (χ3v) is 3.63. The van der Waals surface area contributed by atoms with E-state index in [4.69, 9.17) is 4.74 Å². The Kier molecular flexibility index (Phi) is 8.23. The van der Waals surface area contributed by atoms with Crippen LogP contribution < -0.4 is 0 Å². The molecule has 0 amide bonds. The standard InChI is InChI=1S/C19H26O3/c1-4-5-14-22-18(20)13-9-10-15(2)16(3)19(21)17-11-7-6-8-12-17/h6-9,11-13,16,19,21H,2,4-5,10,14H2,1,3H3/b13-9+/t16-,19-/m1/s1. The highest BCUT2D eigenvalue weighted by Gasteiger charge is 2.18. The fourth-order valence-electron chi connectivity index (χ4n) is 2.02. The summed E-state index contributed by atoms with van der Waals surface area (Å²) in [4.78, 5) is 11.4. The first-order chi connectivity index (χ1) is 10.6. The molecule has 1 rings (SSSR count). The molecule has 120 valence electrons. The normalized spacial score (nSPS) is 13.8. The van der Waals surface area contributed by atoms with E-state index in [0.717, 1.165) is 24.0 Å². The highest BCUT2D eigenvalue weighted by molar-refractivity contribution is 5.81. The lowest BCUT2D eigenvalue weighted by Crippen LogP contribution is -2.11. The average Bonchev–Trinajstić information content (AvgIpc) is 2.54. The SMILES string of the molecule is C=C(C/C=C/C(=O)OCCCC)[C@@H](C)[C@@H](O)c1ccccc1. The second kappa shape index (κ2) is 9.96. The Balaban J connectivity index is 2.42. The van der Waals surface area contributed by atoms with Crippen LogP contribution in [0.1, 0.15) is 44.8 Å². The summed E-state index contributed by atoms with van der Waals surface area (Å²) >= 11 is 0. The van der Waals surface area contributed by atoms with Gasteiger partial charge in [0, 0.05) is 12.0 Å². The summed E-state index contributed by atoms with van der Waals surface area (Å²) in [6, 6.07) is 9.52. The molecule has 0 aliphatic heterocycles. The zero-order chi connectivity index (χ0) is 16.4. The summed E-state index contributed by atoms with van der Waals surface area (Å²) in [6.45, 7) is 8.46. The Bertz CT molecular complexity index is 491. The lowest BCUT2D eigenvalue weighted by molar-refractivity contribution is -0.137. The van der Waals surface area contributed by atoms with Gasteiger partial charge in [-0.05, 0) is 18.4 Å². The molecular weight excluding hydrogens is 276 g/mol. The fraction of sp³-hybridized carbons (Fsp3) is 0.421. The number of hydrogen-bond donors (Lipinski definition) is 1. The van der Waals surface area contributed by atoms with Crippen LogP contribution in [0.25, 0.3) is 0 Å². The molecule has 0 radical (unpaired) electrons. The Labute approximate surface area is 133 Å². The molecule has 0 aliphatic carbocycles. The Morgan fingerprint density at radius 3 is 2.68 bits per heavy atom. The van der Waals surface area contributed by atoms with Crippen molar-refractivity contribution in [1.29, 1.82) is 0 Å². The monoisotopic (exact) mass is 302 g/mol. The topological polar surface area (TPSA) is 46.5 Å². The third kappa shape index (κ3) is 6.27. The van der Waals surface area contributed by atoms with Gasteiger partial charge in [-0.3, -0.25) is 0 Å². The quantitative estimate of drug-likeness (QED) is 0.322. The summed E-state index contributed by atoms with van der Waals surface area (Å²) in [7, 11) is 0. The summed E-state index contributed by atoms with van der Waals surface area (Å²) in [6.07, 6.45) is 5.02. The Morgan fingerprint density at radius 1 is 1.36 bits per heavy atom. The molecule has 0 heterocycles. The molecule has 0 spiro atoms. The van der Waals surface area contributed by atoms with Crippen LogP contribution in [0.3, 0.4) is 0 Å². The molecule has 1 aromatic rings. The van der Waals surface area contributed by atoms with Crippen LogP contribution in [0.2, 0.25) is 0 Å². The zero-order valence-corrected chi connectivity index (χ0v) is 13.5. The molecule has 1 aromatic carbocycles. The average molecular weight is 302 g/mol. The number of unbranched alkanes of at least 4 members (excludes halogenated alkanes) is 1. The summed E-state index contributed by atoms with van der Waals surface area (Å²) < 4.78 is 5.04. The number of esters is 1. The molecule has 3 heteroatoms. The number of benzene rings is 1. The molecule has 0 saturated heterocycles. The van der Waals surface area contributed by atoms with E-state index in [2.05, 4.69) is 6.58 Å². The predicted molar refractivity (Wildman–Crippen MR) is 89.3 cm³/mol. The first-order valence-electron chi connectivity index (χ1n) is 7.80.